The van der Waals surface area contributed by atoms with Crippen LogP contribution in [-0.4, -0.2) is 74.8 Å². The molecule has 1 amide bonds. The van der Waals surface area contributed by atoms with E-state index in [1.165, 1.54) is 0 Å². The molecule has 0 spiro atoms. The Labute approximate surface area is 263 Å². The number of unbranched alkanes of at least 4 members (excludes halogenated alkanes) is 1. The third-order valence-corrected chi connectivity index (χ3v) is 8.34. The number of aryl methyl sites for hydroxylation is 1. The zero-order valence-electron chi connectivity index (χ0n) is 27.3. The molecule has 1 atom stereocenters. The first-order valence-corrected chi connectivity index (χ1v) is 15.8. The van der Waals surface area contributed by atoms with E-state index in [1.54, 1.807) is 0 Å². The molecule has 0 radical (unpaired) electrons. The van der Waals surface area contributed by atoms with E-state index in [2.05, 4.69) is 75.3 Å². The molecule has 0 saturated carbocycles. The van der Waals surface area contributed by atoms with E-state index in [1.807, 2.05) is 44.4 Å². The lowest BCUT2D eigenvalue weighted by Crippen LogP contribution is -2.46. The predicted octanol–water partition coefficient (Wildman–Crippen LogP) is 6.89. The van der Waals surface area contributed by atoms with E-state index in [4.69, 9.17) is 20.2 Å². The van der Waals surface area contributed by atoms with Crippen LogP contribution in [0.4, 0.5) is 0 Å². The number of likely N-dealkylation sites (N-methyl/N-ethyl adjacent to an activating group) is 2. The molecular formula is C37H49N4O3+. The van der Waals surface area contributed by atoms with Crippen LogP contribution in [0.3, 0.4) is 0 Å². The Morgan fingerprint density at radius 2 is 1.68 bits per heavy atom. The number of hydrogen-bond donors (Lipinski definition) is 1. The third kappa shape index (κ3) is 7.96. The summed E-state index contributed by atoms with van der Waals surface area (Å²) in [5, 5.41) is 2.20. The summed E-state index contributed by atoms with van der Waals surface area (Å²) < 4.78 is 13.5. The van der Waals surface area contributed by atoms with Gasteiger partial charge in [0.05, 0.1) is 19.7 Å². The SMILES string of the molecule is CCCCc1cc2ccccc2c(OCC[N+](C)(C)[C@@H](CC)c2ccc(C(N)=O)c(OCCN(C)C)c2-c2ccccc2)n1. The Morgan fingerprint density at radius 3 is 2.36 bits per heavy atom. The molecule has 0 aliphatic rings. The van der Waals surface area contributed by atoms with Crippen LogP contribution in [0.5, 0.6) is 11.6 Å². The third-order valence-electron chi connectivity index (χ3n) is 8.34. The van der Waals surface area contributed by atoms with Crippen molar-refractivity contribution in [2.75, 3.05) is 54.5 Å². The summed E-state index contributed by atoms with van der Waals surface area (Å²) in [5.41, 5.74) is 10.4. The number of benzene rings is 3. The lowest BCUT2D eigenvalue weighted by Gasteiger charge is -2.39. The highest BCUT2D eigenvalue weighted by Crippen LogP contribution is 2.43. The highest BCUT2D eigenvalue weighted by Gasteiger charge is 2.33. The predicted molar refractivity (Wildman–Crippen MR) is 180 cm³/mol. The van der Waals surface area contributed by atoms with Crippen LogP contribution in [-0.2, 0) is 6.42 Å². The van der Waals surface area contributed by atoms with Gasteiger partial charge in [-0.15, -0.1) is 0 Å². The number of pyridine rings is 1. The number of primary amides is 1. The zero-order chi connectivity index (χ0) is 31.7. The number of carbonyl (C=O) groups excluding carboxylic acids is 1. The van der Waals surface area contributed by atoms with Crippen LogP contribution in [0.15, 0.2) is 72.8 Å². The second kappa shape index (κ2) is 15.2. The summed E-state index contributed by atoms with van der Waals surface area (Å²) in [7, 11) is 8.48. The monoisotopic (exact) mass is 597 g/mol. The van der Waals surface area contributed by atoms with E-state index in [0.717, 1.165) is 71.9 Å². The van der Waals surface area contributed by atoms with Gasteiger partial charge in [-0.25, -0.2) is 4.98 Å². The highest BCUT2D eigenvalue weighted by atomic mass is 16.5. The van der Waals surface area contributed by atoms with Crippen molar-refractivity contribution in [1.29, 1.82) is 0 Å². The molecule has 0 unspecified atom stereocenters. The molecule has 0 aliphatic heterocycles. The van der Waals surface area contributed by atoms with Crippen molar-refractivity contribution in [2.24, 2.45) is 5.73 Å². The summed E-state index contributed by atoms with van der Waals surface area (Å²) >= 11 is 0. The van der Waals surface area contributed by atoms with Crippen molar-refractivity contribution in [3.8, 4) is 22.8 Å². The van der Waals surface area contributed by atoms with Gasteiger partial charge in [0, 0.05) is 35.2 Å². The summed E-state index contributed by atoms with van der Waals surface area (Å²) in [6.07, 6.45) is 4.06. The number of fused-ring (bicyclic) bond motifs is 1. The van der Waals surface area contributed by atoms with Gasteiger partial charge in [-0.1, -0.05) is 74.9 Å². The fourth-order valence-electron chi connectivity index (χ4n) is 5.89. The first-order valence-electron chi connectivity index (χ1n) is 15.8. The average Bonchev–Trinajstić information content (AvgIpc) is 3.00. The topological polar surface area (TPSA) is 77.7 Å². The molecule has 0 aliphatic carbocycles. The van der Waals surface area contributed by atoms with Crippen molar-refractivity contribution in [1.82, 2.24) is 9.88 Å². The van der Waals surface area contributed by atoms with Crippen molar-refractivity contribution < 1.29 is 18.8 Å². The normalized spacial score (nSPS) is 12.4. The Morgan fingerprint density at radius 1 is 0.955 bits per heavy atom. The number of nitrogens with two attached hydrogens (primary N) is 1. The maximum absolute atomic E-state index is 12.6. The number of amides is 1. The number of hydrogen-bond acceptors (Lipinski definition) is 5. The molecule has 0 saturated heterocycles. The number of ether oxygens (including phenoxy) is 2. The minimum atomic E-state index is -0.496. The minimum absolute atomic E-state index is 0.104. The van der Waals surface area contributed by atoms with Gasteiger partial charge in [0.1, 0.15) is 31.5 Å². The van der Waals surface area contributed by atoms with Crippen LogP contribution in [0.2, 0.25) is 0 Å². The van der Waals surface area contributed by atoms with E-state index < -0.39 is 5.91 Å². The van der Waals surface area contributed by atoms with Gasteiger partial charge in [0.25, 0.3) is 5.91 Å². The molecular weight excluding hydrogens is 548 g/mol. The maximum atomic E-state index is 12.6. The van der Waals surface area contributed by atoms with Gasteiger partial charge in [-0.05, 0) is 56.1 Å². The van der Waals surface area contributed by atoms with E-state index in [0.29, 0.717) is 34.9 Å². The molecule has 2 N–H and O–H groups in total. The quantitative estimate of drug-likeness (QED) is 0.142. The lowest BCUT2D eigenvalue weighted by molar-refractivity contribution is -0.921. The fraction of sp³-hybridized carbons (Fsp3) is 0.405. The maximum Gasteiger partial charge on any atom is 0.252 e. The molecule has 0 fully saturated rings. The molecule has 7 heteroatoms. The standard InChI is InChI=1S/C37H48N4O3/c1-7-9-18-29-26-28-17-13-14-19-30(28)37(39-29)44-25-23-41(5,6)33(8-2)31-20-21-32(36(38)42)35(43-24-22-40(3)4)34(31)27-15-11-10-12-16-27/h10-17,19-21,26,33H,7-9,18,22-25H2,1-6H3,(H-,38,42)/p+1/t33-/m0/s1. The Hall–Kier alpha value is -3.94. The minimum Gasteiger partial charge on any atom is -0.491 e. The van der Waals surface area contributed by atoms with Crippen LogP contribution in [0.1, 0.15) is 60.8 Å². The molecule has 4 rings (SSSR count). The number of carbonyl (C=O) groups is 1. The van der Waals surface area contributed by atoms with Gasteiger partial charge in [0.15, 0.2) is 0 Å². The number of rotatable bonds is 16. The first-order chi connectivity index (χ1) is 21.2. The summed E-state index contributed by atoms with van der Waals surface area (Å²) in [5.74, 6) is 0.761. The Balaban J connectivity index is 1.67. The van der Waals surface area contributed by atoms with Crippen molar-refractivity contribution in [3.63, 3.8) is 0 Å². The average molecular weight is 598 g/mol. The van der Waals surface area contributed by atoms with Gasteiger partial charge in [0.2, 0.25) is 5.88 Å². The van der Waals surface area contributed by atoms with Crippen molar-refractivity contribution in [3.05, 3.63) is 89.6 Å². The second-order valence-electron chi connectivity index (χ2n) is 12.3. The fourth-order valence-corrected chi connectivity index (χ4v) is 5.89. The molecule has 3 aromatic carbocycles. The highest BCUT2D eigenvalue weighted by molar-refractivity contribution is 5.99. The van der Waals surface area contributed by atoms with Gasteiger partial charge < -0.3 is 24.6 Å². The van der Waals surface area contributed by atoms with Gasteiger partial charge in [-0.2, -0.15) is 0 Å². The first kappa shape index (κ1) is 33.0. The molecule has 1 heterocycles. The molecule has 7 nitrogen and oxygen atoms in total. The Bertz CT molecular complexity index is 1540. The molecule has 234 valence electrons. The van der Waals surface area contributed by atoms with Gasteiger partial charge in [-0.3, -0.25) is 4.79 Å². The van der Waals surface area contributed by atoms with E-state index >= 15 is 0 Å². The van der Waals surface area contributed by atoms with Crippen LogP contribution < -0.4 is 15.2 Å². The summed E-state index contributed by atoms with van der Waals surface area (Å²) in [6, 6.07) is 24.7. The van der Waals surface area contributed by atoms with Crippen LogP contribution in [0, 0.1) is 0 Å². The molecule has 44 heavy (non-hydrogen) atoms. The van der Waals surface area contributed by atoms with Crippen molar-refractivity contribution >= 4 is 16.7 Å². The molecule has 1 aromatic heterocycles. The van der Waals surface area contributed by atoms with Crippen LogP contribution >= 0.6 is 0 Å². The Kier molecular flexibility index (Phi) is 11.4. The lowest BCUT2D eigenvalue weighted by atomic mass is 9.89. The van der Waals surface area contributed by atoms with Gasteiger partial charge >= 0.3 is 0 Å². The smallest absolute Gasteiger partial charge is 0.252 e. The van der Waals surface area contributed by atoms with Crippen molar-refractivity contribution in [2.45, 2.75) is 45.6 Å². The number of nitrogens with zero attached hydrogens (tertiary/aromatic N) is 3. The van der Waals surface area contributed by atoms with Crippen LogP contribution in [0.25, 0.3) is 21.9 Å². The van der Waals surface area contributed by atoms with E-state index in [-0.39, 0.29) is 6.04 Å². The zero-order valence-corrected chi connectivity index (χ0v) is 27.3. The summed E-state index contributed by atoms with van der Waals surface area (Å²) in [4.78, 5) is 19.6. The largest absolute Gasteiger partial charge is 0.491 e. The second-order valence-corrected chi connectivity index (χ2v) is 12.3. The number of aromatic nitrogens is 1. The molecule has 0 bridgehead atoms. The van der Waals surface area contributed by atoms with E-state index in [9.17, 15) is 4.79 Å². The number of quaternary nitrogens is 1. The molecule has 4 aromatic rings. The summed E-state index contributed by atoms with van der Waals surface area (Å²) in [6.45, 7) is 6.85.